The normalized spacial score (nSPS) is 19.8. The Morgan fingerprint density at radius 2 is 2.18 bits per heavy atom. The SMILES string of the molecule is C=C(C)COc1cc(CNC2CCS(=O)(=O)C2)ccc1OC. The minimum absolute atomic E-state index is 0.0342. The fourth-order valence-corrected chi connectivity index (χ4v) is 4.07. The summed E-state index contributed by atoms with van der Waals surface area (Å²) in [6, 6.07) is 5.75. The summed E-state index contributed by atoms with van der Waals surface area (Å²) < 4.78 is 33.9. The van der Waals surface area contributed by atoms with E-state index < -0.39 is 9.84 Å². The molecule has 1 unspecified atom stereocenters. The molecule has 2 rings (SSSR count). The van der Waals surface area contributed by atoms with Crippen molar-refractivity contribution >= 4 is 9.84 Å². The molecule has 1 aromatic rings. The van der Waals surface area contributed by atoms with Crippen LogP contribution in [0.2, 0.25) is 0 Å². The molecule has 1 aromatic carbocycles. The molecular formula is C16H23NO4S. The molecule has 0 saturated carbocycles. The minimum atomic E-state index is -2.85. The molecule has 1 N–H and O–H groups in total. The van der Waals surface area contributed by atoms with Crippen LogP contribution in [0.25, 0.3) is 0 Å². The van der Waals surface area contributed by atoms with Gasteiger partial charge in [0.15, 0.2) is 21.3 Å². The van der Waals surface area contributed by atoms with Crippen LogP contribution in [0.4, 0.5) is 0 Å². The highest BCUT2D eigenvalue weighted by Crippen LogP contribution is 2.28. The number of methoxy groups -OCH3 is 1. The predicted molar refractivity (Wildman–Crippen MR) is 87.2 cm³/mol. The van der Waals surface area contributed by atoms with Gasteiger partial charge in [-0.25, -0.2) is 8.42 Å². The molecule has 1 aliphatic heterocycles. The van der Waals surface area contributed by atoms with Gasteiger partial charge >= 0.3 is 0 Å². The number of benzene rings is 1. The van der Waals surface area contributed by atoms with Gasteiger partial charge in [-0.15, -0.1) is 0 Å². The van der Waals surface area contributed by atoms with Crippen LogP contribution in [0.3, 0.4) is 0 Å². The van der Waals surface area contributed by atoms with Gasteiger partial charge < -0.3 is 14.8 Å². The van der Waals surface area contributed by atoms with E-state index in [1.54, 1.807) is 7.11 Å². The van der Waals surface area contributed by atoms with Crippen molar-refractivity contribution in [2.75, 3.05) is 25.2 Å². The third kappa shape index (κ3) is 4.74. The maximum atomic E-state index is 11.5. The molecule has 0 amide bonds. The van der Waals surface area contributed by atoms with Gasteiger partial charge in [0.05, 0.1) is 18.6 Å². The number of sulfone groups is 1. The molecular weight excluding hydrogens is 302 g/mol. The van der Waals surface area contributed by atoms with E-state index in [-0.39, 0.29) is 17.5 Å². The first kappa shape index (κ1) is 16.8. The quantitative estimate of drug-likeness (QED) is 0.776. The zero-order chi connectivity index (χ0) is 16.2. The molecule has 1 atom stereocenters. The van der Waals surface area contributed by atoms with Gasteiger partial charge in [0.2, 0.25) is 0 Å². The number of nitrogens with one attached hydrogen (secondary N) is 1. The Kier molecular flexibility index (Phi) is 5.47. The number of rotatable bonds is 7. The van der Waals surface area contributed by atoms with E-state index >= 15 is 0 Å². The first-order valence-corrected chi connectivity index (χ1v) is 9.09. The first-order valence-electron chi connectivity index (χ1n) is 7.27. The average molecular weight is 325 g/mol. The molecule has 6 heteroatoms. The summed E-state index contributed by atoms with van der Waals surface area (Å²) in [4.78, 5) is 0. The van der Waals surface area contributed by atoms with Crippen LogP contribution in [0.1, 0.15) is 18.9 Å². The van der Waals surface area contributed by atoms with Gasteiger partial charge in [0, 0.05) is 12.6 Å². The summed E-state index contributed by atoms with van der Waals surface area (Å²) in [5, 5.41) is 3.29. The second kappa shape index (κ2) is 7.15. The molecule has 0 spiro atoms. The van der Waals surface area contributed by atoms with Crippen LogP contribution in [0, 0.1) is 0 Å². The van der Waals surface area contributed by atoms with Gasteiger partial charge in [0.1, 0.15) is 6.61 Å². The molecule has 1 heterocycles. The van der Waals surface area contributed by atoms with E-state index in [9.17, 15) is 8.42 Å². The highest BCUT2D eigenvalue weighted by Gasteiger charge is 2.27. The van der Waals surface area contributed by atoms with Gasteiger partial charge in [-0.05, 0) is 36.6 Å². The van der Waals surface area contributed by atoms with Crippen LogP contribution >= 0.6 is 0 Å². The summed E-state index contributed by atoms with van der Waals surface area (Å²) in [7, 11) is -1.25. The van der Waals surface area contributed by atoms with Crippen molar-refractivity contribution in [2.45, 2.75) is 25.9 Å². The zero-order valence-electron chi connectivity index (χ0n) is 13.1. The lowest BCUT2D eigenvalue weighted by Crippen LogP contribution is -2.29. The Hall–Kier alpha value is -1.53. The summed E-state index contributed by atoms with van der Waals surface area (Å²) in [6.45, 7) is 6.76. The molecule has 0 radical (unpaired) electrons. The topological polar surface area (TPSA) is 64.6 Å². The van der Waals surface area contributed by atoms with E-state index in [4.69, 9.17) is 9.47 Å². The molecule has 5 nitrogen and oxygen atoms in total. The predicted octanol–water partition coefficient (Wildman–Crippen LogP) is 1.93. The molecule has 1 saturated heterocycles. The van der Waals surface area contributed by atoms with Crippen LogP contribution in [-0.4, -0.2) is 39.7 Å². The first-order chi connectivity index (χ1) is 10.4. The summed E-state index contributed by atoms with van der Waals surface area (Å²) >= 11 is 0. The standard InChI is InChI=1S/C16H23NO4S/c1-12(2)10-21-16-8-13(4-5-15(16)20-3)9-17-14-6-7-22(18,19)11-14/h4-5,8,14,17H,1,6-7,9-11H2,2-3H3. The smallest absolute Gasteiger partial charge is 0.161 e. The maximum Gasteiger partial charge on any atom is 0.161 e. The summed E-state index contributed by atoms with van der Waals surface area (Å²) in [5.41, 5.74) is 1.96. The Bertz CT molecular complexity index is 640. The van der Waals surface area contributed by atoms with Crippen molar-refractivity contribution in [1.29, 1.82) is 0 Å². The Morgan fingerprint density at radius 1 is 1.41 bits per heavy atom. The van der Waals surface area contributed by atoms with E-state index in [1.807, 2.05) is 25.1 Å². The van der Waals surface area contributed by atoms with Gasteiger partial charge in [-0.1, -0.05) is 12.6 Å². The lowest BCUT2D eigenvalue weighted by atomic mass is 10.1. The molecule has 0 aliphatic carbocycles. The number of hydrogen-bond donors (Lipinski definition) is 1. The van der Waals surface area contributed by atoms with Crippen molar-refractivity contribution in [3.63, 3.8) is 0 Å². The van der Waals surface area contributed by atoms with E-state index in [0.29, 0.717) is 31.1 Å². The Labute approximate surface area is 132 Å². The van der Waals surface area contributed by atoms with E-state index in [2.05, 4.69) is 11.9 Å². The number of hydrogen-bond acceptors (Lipinski definition) is 5. The highest BCUT2D eigenvalue weighted by molar-refractivity contribution is 7.91. The third-order valence-electron chi connectivity index (χ3n) is 3.53. The van der Waals surface area contributed by atoms with Crippen molar-refractivity contribution in [2.24, 2.45) is 0 Å². The van der Waals surface area contributed by atoms with Gasteiger partial charge in [-0.2, -0.15) is 0 Å². The average Bonchev–Trinajstić information content (AvgIpc) is 2.82. The van der Waals surface area contributed by atoms with Crippen molar-refractivity contribution < 1.29 is 17.9 Å². The number of ether oxygens (including phenoxy) is 2. The molecule has 1 fully saturated rings. The lowest BCUT2D eigenvalue weighted by Gasteiger charge is -2.14. The minimum Gasteiger partial charge on any atom is -0.493 e. The van der Waals surface area contributed by atoms with Gasteiger partial charge in [-0.3, -0.25) is 0 Å². The highest BCUT2D eigenvalue weighted by atomic mass is 32.2. The van der Waals surface area contributed by atoms with Crippen LogP contribution in [0.5, 0.6) is 11.5 Å². The Morgan fingerprint density at radius 3 is 2.77 bits per heavy atom. The molecule has 122 valence electrons. The lowest BCUT2D eigenvalue weighted by molar-refractivity contribution is 0.319. The van der Waals surface area contributed by atoms with E-state index in [1.165, 1.54) is 0 Å². The fraction of sp³-hybridized carbons (Fsp3) is 0.500. The zero-order valence-corrected chi connectivity index (χ0v) is 13.9. The molecule has 0 bridgehead atoms. The van der Waals surface area contributed by atoms with Crippen molar-refractivity contribution in [3.8, 4) is 11.5 Å². The Balaban J connectivity index is 1.99. The van der Waals surface area contributed by atoms with Crippen LogP contribution < -0.4 is 14.8 Å². The van der Waals surface area contributed by atoms with E-state index in [0.717, 1.165) is 11.1 Å². The van der Waals surface area contributed by atoms with Crippen LogP contribution in [-0.2, 0) is 16.4 Å². The van der Waals surface area contributed by atoms with Crippen molar-refractivity contribution in [1.82, 2.24) is 5.32 Å². The largest absolute Gasteiger partial charge is 0.493 e. The molecule has 22 heavy (non-hydrogen) atoms. The fourth-order valence-electron chi connectivity index (χ4n) is 2.36. The van der Waals surface area contributed by atoms with Crippen LogP contribution in [0.15, 0.2) is 30.4 Å². The molecule has 0 aromatic heterocycles. The van der Waals surface area contributed by atoms with Crippen molar-refractivity contribution in [3.05, 3.63) is 35.9 Å². The monoisotopic (exact) mass is 325 g/mol. The molecule has 1 aliphatic rings. The second-order valence-electron chi connectivity index (χ2n) is 5.71. The summed E-state index contributed by atoms with van der Waals surface area (Å²) in [6.07, 6.45) is 0.678. The third-order valence-corrected chi connectivity index (χ3v) is 5.30. The summed E-state index contributed by atoms with van der Waals surface area (Å²) in [5.74, 6) is 1.85. The second-order valence-corrected chi connectivity index (χ2v) is 7.94. The van der Waals surface area contributed by atoms with Gasteiger partial charge in [0.25, 0.3) is 0 Å². The maximum absolute atomic E-state index is 11.5.